The standard InChI is InChI=1S/C15H20BrNO2/c1-15(2)18-9-12(19-15)8-17-14-6-3-10-7-11(16)4-5-13(10)14/h4-5,7,12,14,17H,3,6,8-9H2,1-2H3. The first-order chi connectivity index (χ1) is 9.03. The van der Waals surface area contributed by atoms with E-state index in [1.807, 2.05) is 13.8 Å². The second-order valence-electron chi connectivity index (χ2n) is 5.79. The lowest BCUT2D eigenvalue weighted by Gasteiger charge is -2.19. The number of hydrogen-bond acceptors (Lipinski definition) is 3. The van der Waals surface area contributed by atoms with E-state index in [2.05, 4.69) is 39.4 Å². The molecule has 1 heterocycles. The highest BCUT2D eigenvalue weighted by Crippen LogP contribution is 2.33. The summed E-state index contributed by atoms with van der Waals surface area (Å²) in [7, 11) is 0. The third-order valence-corrected chi connectivity index (χ3v) is 4.34. The SMILES string of the molecule is CC1(C)OCC(CNC2CCc3cc(Br)ccc32)O1. The number of aryl methyl sites for hydroxylation is 1. The molecule has 1 aromatic rings. The van der Waals surface area contributed by atoms with E-state index in [1.165, 1.54) is 22.0 Å². The first kappa shape index (κ1) is 13.6. The lowest BCUT2D eigenvalue weighted by molar-refractivity contribution is -0.137. The van der Waals surface area contributed by atoms with E-state index in [0.717, 1.165) is 13.0 Å². The summed E-state index contributed by atoms with van der Waals surface area (Å²) in [5.41, 5.74) is 2.89. The van der Waals surface area contributed by atoms with Crippen LogP contribution in [-0.2, 0) is 15.9 Å². The molecule has 1 aliphatic heterocycles. The van der Waals surface area contributed by atoms with Gasteiger partial charge >= 0.3 is 0 Å². The lowest BCUT2D eigenvalue weighted by Crippen LogP contribution is -2.32. The summed E-state index contributed by atoms with van der Waals surface area (Å²) in [6.45, 7) is 5.47. The molecule has 1 N–H and O–H groups in total. The molecule has 0 amide bonds. The number of ether oxygens (including phenoxy) is 2. The van der Waals surface area contributed by atoms with Gasteiger partial charge in [0.15, 0.2) is 5.79 Å². The molecule has 3 rings (SSSR count). The van der Waals surface area contributed by atoms with Gasteiger partial charge in [-0.05, 0) is 49.9 Å². The van der Waals surface area contributed by atoms with Crippen LogP contribution in [0.3, 0.4) is 0 Å². The molecule has 19 heavy (non-hydrogen) atoms. The lowest BCUT2D eigenvalue weighted by atomic mass is 10.1. The molecule has 104 valence electrons. The molecule has 0 bridgehead atoms. The first-order valence-electron chi connectivity index (χ1n) is 6.87. The Morgan fingerprint density at radius 2 is 2.26 bits per heavy atom. The average Bonchev–Trinajstić information content (AvgIpc) is 2.89. The quantitative estimate of drug-likeness (QED) is 0.925. The van der Waals surface area contributed by atoms with Gasteiger partial charge in [-0.25, -0.2) is 0 Å². The summed E-state index contributed by atoms with van der Waals surface area (Å²) in [4.78, 5) is 0. The third kappa shape index (κ3) is 3.02. The van der Waals surface area contributed by atoms with Crippen molar-refractivity contribution < 1.29 is 9.47 Å². The van der Waals surface area contributed by atoms with Gasteiger partial charge in [-0.15, -0.1) is 0 Å². The number of nitrogens with one attached hydrogen (secondary N) is 1. The third-order valence-electron chi connectivity index (χ3n) is 3.84. The van der Waals surface area contributed by atoms with E-state index in [1.54, 1.807) is 0 Å². The summed E-state index contributed by atoms with van der Waals surface area (Å²) >= 11 is 3.53. The molecule has 3 nitrogen and oxygen atoms in total. The van der Waals surface area contributed by atoms with Crippen LogP contribution < -0.4 is 5.32 Å². The van der Waals surface area contributed by atoms with Gasteiger partial charge in [-0.2, -0.15) is 0 Å². The Morgan fingerprint density at radius 3 is 3.00 bits per heavy atom. The number of benzene rings is 1. The number of hydrogen-bond donors (Lipinski definition) is 1. The Balaban J connectivity index is 1.58. The van der Waals surface area contributed by atoms with E-state index in [9.17, 15) is 0 Å². The maximum absolute atomic E-state index is 5.82. The zero-order valence-corrected chi connectivity index (χ0v) is 13.0. The fourth-order valence-electron chi connectivity index (χ4n) is 2.94. The smallest absolute Gasteiger partial charge is 0.163 e. The van der Waals surface area contributed by atoms with Crippen molar-refractivity contribution in [2.45, 2.75) is 44.6 Å². The van der Waals surface area contributed by atoms with Gasteiger partial charge in [0.05, 0.1) is 12.7 Å². The van der Waals surface area contributed by atoms with E-state index < -0.39 is 5.79 Å². The van der Waals surface area contributed by atoms with Crippen LogP contribution in [0.5, 0.6) is 0 Å². The maximum atomic E-state index is 5.82. The van der Waals surface area contributed by atoms with Crippen LogP contribution in [0.1, 0.15) is 37.4 Å². The second kappa shape index (κ2) is 5.17. The van der Waals surface area contributed by atoms with Crippen LogP contribution in [0, 0.1) is 0 Å². The fraction of sp³-hybridized carbons (Fsp3) is 0.600. The zero-order chi connectivity index (χ0) is 13.5. The van der Waals surface area contributed by atoms with Gasteiger partial charge in [0.1, 0.15) is 0 Å². The molecule has 0 spiro atoms. The fourth-order valence-corrected chi connectivity index (χ4v) is 3.34. The van der Waals surface area contributed by atoms with Crippen LogP contribution in [-0.4, -0.2) is 25.0 Å². The van der Waals surface area contributed by atoms with Crippen molar-refractivity contribution in [2.24, 2.45) is 0 Å². The van der Waals surface area contributed by atoms with Gasteiger partial charge in [0.2, 0.25) is 0 Å². The van der Waals surface area contributed by atoms with Crippen molar-refractivity contribution in [1.82, 2.24) is 5.32 Å². The molecular weight excluding hydrogens is 306 g/mol. The molecule has 0 radical (unpaired) electrons. The van der Waals surface area contributed by atoms with Crippen molar-refractivity contribution in [3.63, 3.8) is 0 Å². The highest BCUT2D eigenvalue weighted by atomic mass is 79.9. The monoisotopic (exact) mass is 325 g/mol. The van der Waals surface area contributed by atoms with Crippen molar-refractivity contribution in [3.8, 4) is 0 Å². The molecule has 2 unspecified atom stereocenters. The van der Waals surface area contributed by atoms with Crippen LogP contribution in [0.4, 0.5) is 0 Å². The maximum Gasteiger partial charge on any atom is 0.163 e. The van der Waals surface area contributed by atoms with Crippen molar-refractivity contribution >= 4 is 15.9 Å². The zero-order valence-electron chi connectivity index (χ0n) is 11.4. The predicted octanol–water partition coefficient (Wildman–Crippen LogP) is 3.18. The van der Waals surface area contributed by atoms with E-state index in [4.69, 9.17) is 9.47 Å². The Labute approximate surface area is 122 Å². The molecule has 2 atom stereocenters. The summed E-state index contributed by atoms with van der Waals surface area (Å²) in [6, 6.07) is 7.03. The summed E-state index contributed by atoms with van der Waals surface area (Å²) < 4.78 is 12.6. The van der Waals surface area contributed by atoms with Crippen molar-refractivity contribution in [2.75, 3.05) is 13.2 Å². The number of fused-ring (bicyclic) bond motifs is 1. The number of rotatable bonds is 3. The minimum Gasteiger partial charge on any atom is -0.348 e. The van der Waals surface area contributed by atoms with Crippen LogP contribution in [0.2, 0.25) is 0 Å². The molecular formula is C15H20BrNO2. The van der Waals surface area contributed by atoms with Gasteiger partial charge < -0.3 is 14.8 Å². The van der Waals surface area contributed by atoms with E-state index >= 15 is 0 Å². The number of halogens is 1. The molecule has 4 heteroatoms. The minimum absolute atomic E-state index is 0.162. The normalized spacial score (nSPS) is 28.6. The topological polar surface area (TPSA) is 30.5 Å². The minimum atomic E-state index is -0.426. The molecule has 2 aliphatic rings. The van der Waals surface area contributed by atoms with Crippen LogP contribution >= 0.6 is 15.9 Å². The van der Waals surface area contributed by atoms with Gasteiger partial charge in [0, 0.05) is 17.1 Å². The van der Waals surface area contributed by atoms with Crippen molar-refractivity contribution in [3.05, 3.63) is 33.8 Å². The summed E-state index contributed by atoms with van der Waals surface area (Å²) in [5.74, 6) is -0.426. The van der Waals surface area contributed by atoms with Crippen LogP contribution in [0.25, 0.3) is 0 Å². The molecule has 0 saturated carbocycles. The largest absolute Gasteiger partial charge is 0.348 e. The van der Waals surface area contributed by atoms with E-state index in [0.29, 0.717) is 12.6 Å². The summed E-state index contributed by atoms with van der Waals surface area (Å²) in [5, 5.41) is 3.62. The molecule has 1 saturated heterocycles. The van der Waals surface area contributed by atoms with E-state index in [-0.39, 0.29) is 6.10 Å². The summed E-state index contributed by atoms with van der Waals surface area (Å²) in [6.07, 6.45) is 2.48. The Hall–Kier alpha value is -0.420. The predicted molar refractivity (Wildman–Crippen MR) is 78.1 cm³/mol. The van der Waals surface area contributed by atoms with Crippen molar-refractivity contribution in [1.29, 1.82) is 0 Å². The Bertz CT molecular complexity index is 475. The molecule has 0 aromatic heterocycles. The second-order valence-corrected chi connectivity index (χ2v) is 6.71. The highest BCUT2D eigenvalue weighted by Gasteiger charge is 2.33. The Morgan fingerprint density at radius 1 is 1.42 bits per heavy atom. The van der Waals surface area contributed by atoms with Gasteiger partial charge in [0.25, 0.3) is 0 Å². The van der Waals surface area contributed by atoms with Gasteiger partial charge in [-0.3, -0.25) is 0 Å². The molecule has 1 aliphatic carbocycles. The Kier molecular flexibility index (Phi) is 3.69. The van der Waals surface area contributed by atoms with Crippen LogP contribution in [0.15, 0.2) is 22.7 Å². The molecule has 1 aromatic carbocycles. The molecule has 1 fully saturated rings. The first-order valence-corrected chi connectivity index (χ1v) is 7.66. The average molecular weight is 326 g/mol. The van der Waals surface area contributed by atoms with Gasteiger partial charge in [-0.1, -0.05) is 22.0 Å². The highest BCUT2D eigenvalue weighted by molar-refractivity contribution is 9.10.